The van der Waals surface area contributed by atoms with Crippen LogP contribution in [0.3, 0.4) is 0 Å². The van der Waals surface area contributed by atoms with E-state index in [0.717, 1.165) is 0 Å². The standard InChI is InChI=1S/C18H23F3N4O3/c1-3-9-15(18(19,20)21)22-17(25-7-13(26)8(25)2)23-16(9)24-5-11-10(4-14(27)28)12(11)6-24/h8,10-13,26H,3-7H2,1-2H3,(H,27,28)/t8-,10?,11?,12?,13+/m0/s1. The van der Waals surface area contributed by atoms with Gasteiger partial charge in [-0.15, -0.1) is 0 Å². The lowest BCUT2D eigenvalue weighted by atomic mass is 10.0. The largest absolute Gasteiger partial charge is 0.481 e. The number of halogens is 3. The van der Waals surface area contributed by atoms with Crippen molar-refractivity contribution >= 4 is 17.7 Å². The molecule has 0 bridgehead atoms. The van der Waals surface area contributed by atoms with Crippen LogP contribution in [0.25, 0.3) is 0 Å². The second kappa shape index (κ2) is 6.47. The number of piperidine rings is 1. The van der Waals surface area contributed by atoms with Gasteiger partial charge >= 0.3 is 12.1 Å². The predicted molar refractivity (Wildman–Crippen MR) is 94.2 cm³/mol. The summed E-state index contributed by atoms with van der Waals surface area (Å²) in [6, 6.07) is -0.340. The van der Waals surface area contributed by atoms with Gasteiger partial charge in [-0.05, 0) is 31.1 Å². The minimum Gasteiger partial charge on any atom is -0.481 e. The van der Waals surface area contributed by atoms with E-state index in [4.69, 9.17) is 5.11 Å². The van der Waals surface area contributed by atoms with Crippen LogP contribution in [0.2, 0.25) is 0 Å². The molecule has 154 valence electrons. The number of hydrogen-bond donors (Lipinski definition) is 2. The molecule has 2 N–H and O–H groups in total. The fourth-order valence-electron chi connectivity index (χ4n) is 4.59. The van der Waals surface area contributed by atoms with Gasteiger partial charge in [0, 0.05) is 31.6 Å². The number of fused-ring (bicyclic) bond motifs is 1. The van der Waals surface area contributed by atoms with E-state index < -0.39 is 23.9 Å². The van der Waals surface area contributed by atoms with Crippen LogP contribution in [0.5, 0.6) is 0 Å². The van der Waals surface area contributed by atoms with E-state index in [1.807, 2.05) is 4.90 Å². The third kappa shape index (κ3) is 3.07. The number of aliphatic hydroxyl groups excluding tert-OH is 1. The molecule has 0 spiro atoms. The molecule has 3 aliphatic rings. The molecule has 0 radical (unpaired) electrons. The molecular weight excluding hydrogens is 377 g/mol. The Hall–Kier alpha value is -2.10. The third-order valence-electron chi connectivity index (χ3n) is 6.37. The van der Waals surface area contributed by atoms with Gasteiger partial charge in [0.1, 0.15) is 5.82 Å². The number of anilines is 2. The lowest BCUT2D eigenvalue weighted by molar-refractivity contribution is -0.142. The molecule has 1 aromatic rings. The molecule has 1 aliphatic carbocycles. The highest BCUT2D eigenvalue weighted by atomic mass is 19.4. The molecule has 2 aliphatic heterocycles. The van der Waals surface area contributed by atoms with Crippen LogP contribution in [-0.2, 0) is 17.4 Å². The summed E-state index contributed by atoms with van der Waals surface area (Å²) >= 11 is 0. The van der Waals surface area contributed by atoms with Crippen LogP contribution in [-0.4, -0.2) is 57.9 Å². The number of β-amino-alcohol motifs (C(OH)–C–C–N with tert-alkyl or cyclic N) is 1. The minimum absolute atomic E-state index is 0.0139. The summed E-state index contributed by atoms with van der Waals surface area (Å²) in [7, 11) is 0. The summed E-state index contributed by atoms with van der Waals surface area (Å²) < 4.78 is 41.1. The van der Waals surface area contributed by atoms with Gasteiger partial charge in [-0.3, -0.25) is 4.79 Å². The van der Waals surface area contributed by atoms with E-state index in [9.17, 15) is 23.1 Å². The Labute approximate surface area is 160 Å². The molecule has 4 atom stereocenters. The van der Waals surface area contributed by atoms with E-state index >= 15 is 0 Å². The van der Waals surface area contributed by atoms with Crippen molar-refractivity contribution in [3.63, 3.8) is 0 Å². The van der Waals surface area contributed by atoms with Crippen molar-refractivity contribution in [2.75, 3.05) is 29.4 Å². The van der Waals surface area contributed by atoms with Gasteiger partial charge < -0.3 is 20.0 Å². The molecule has 1 saturated carbocycles. The number of carbonyl (C=O) groups is 1. The zero-order chi connectivity index (χ0) is 20.4. The van der Waals surface area contributed by atoms with Gasteiger partial charge in [0.2, 0.25) is 5.95 Å². The molecule has 3 fully saturated rings. The van der Waals surface area contributed by atoms with E-state index in [-0.39, 0.29) is 60.5 Å². The second-order valence-corrected chi connectivity index (χ2v) is 7.98. The van der Waals surface area contributed by atoms with Crippen LogP contribution in [0.1, 0.15) is 31.5 Å². The number of aromatic nitrogens is 2. The number of alkyl halides is 3. The van der Waals surface area contributed by atoms with Crippen LogP contribution in [0.15, 0.2) is 0 Å². The van der Waals surface area contributed by atoms with E-state index in [0.29, 0.717) is 13.1 Å². The second-order valence-electron chi connectivity index (χ2n) is 7.98. The molecule has 3 heterocycles. The maximum Gasteiger partial charge on any atom is 0.433 e. The lowest BCUT2D eigenvalue weighted by Gasteiger charge is -2.43. The molecule has 4 rings (SSSR count). The summed E-state index contributed by atoms with van der Waals surface area (Å²) in [5.74, 6) is -0.0757. The van der Waals surface area contributed by atoms with E-state index in [1.165, 1.54) is 0 Å². The number of carboxylic acid groups (broad SMARTS) is 1. The Morgan fingerprint density at radius 2 is 1.86 bits per heavy atom. The first-order valence-corrected chi connectivity index (χ1v) is 9.51. The quantitative estimate of drug-likeness (QED) is 0.779. The van der Waals surface area contributed by atoms with Crippen molar-refractivity contribution in [3.05, 3.63) is 11.3 Å². The van der Waals surface area contributed by atoms with E-state index in [2.05, 4.69) is 9.97 Å². The van der Waals surface area contributed by atoms with Crippen molar-refractivity contribution < 1.29 is 28.2 Å². The Balaban J connectivity index is 1.66. The van der Waals surface area contributed by atoms with Gasteiger partial charge in [-0.1, -0.05) is 6.92 Å². The molecule has 0 aromatic carbocycles. The van der Waals surface area contributed by atoms with Crippen molar-refractivity contribution in [1.29, 1.82) is 0 Å². The number of nitrogens with zero attached hydrogens (tertiary/aromatic N) is 4. The first-order valence-electron chi connectivity index (χ1n) is 9.51. The van der Waals surface area contributed by atoms with E-state index in [1.54, 1.807) is 18.7 Å². The van der Waals surface area contributed by atoms with Crippen molar-refractivity contribution in [2.45, 2.75) is 45.0 Å². The molecule has 7 nitrogen and oxygen atoms in total. The molecule has 28 heavy (non-hydrogen) atoms. The van der Waals surface area contributed by atoms with Crippen LogP contribution in [0, 0.1) is 17.8 Å². The molecule has 2 unspecified atom stereocenters. The monoisotopic (exact) mass is 400 g/mol. The molecule has 2 saturated heterocycles. The number of hydrogen-bond acceptors (Lipinski definition) is 6. The van der Waals surface area contributed by atoms with Gasteiger partial charge in [0.15, 0.2) is 5.69 Å². The summed E-state index contributed by atoms with van der Waals surface area (Å²) in [4.78, 5) is 22.6. The molecule has 10 heteroatoms. The Morgan fingerprint density at radius 3 is 2.32 bits per heavy atom. The first-order chi connectivity index (χ1) is 13.1. The molecular formula is C18H23F3N4O3. The van der Waals surface area contributed by atoms with Gasteiger partial charge in [-0.2, -0.15) is 18.2 Å². The highest BCUT2D eigenvalue weighted by Gasteiger charge is 2.57. The zero-order valence-corrected chi connectivity index (χ0v) is 15.6. The SMILES string of the molecule is CCc1c(N2CC3C(CC(=O)O)C3C2)nc(N2C[C@@H](O)[C@@H]2C)nc1C(F)(F)F. The Kier molecular flexibility index (Phi) is 4.44. The summed E-state index contributed by atoms with van der Waals surface area (Å²) in [5.41, 5.74) is -0.854. The summed E-state index contributed by atoms with van der Waals surface area (Å²) in [6.07, 6.45) is -4.95. The zero-order valence-electron chi connectivity index (χ0n) is 15.6. The van der Waals surface area contributed by atoms with Gasteiger partial charge in [-0.25, -0.2) is 4.98 Å². The Bertz CT molecular complexity index is 791. The predicted octanol–water partition coefficient (Wildman–Crippen LogP) is 1.78. The first kappa shape index (κ1) is 19.2. The maximum atomic E-state index is 13.7. The average Bonchev–Trinajstić information content (AvgIpc) is 3.05. The third-order valence-corrected chi connectivity index (χ3v) is 6.37. The van der Waals surface area contributed by atoms with Gasteiger partial charge in [0.25, 0.3) is 0 Å². The highest BCUT2D eigenvalue weighted by molar-refractivity contribution is 5.68. The van der Waals surface area contributed by atoms with Crippen molar-refractivity contribution in [1.82, 2.24) is 9.97 Å². The van der Waals surface area contributed by atoms with Crippen LogP contribution in [0.4, 0.5) is 24.9 Å². The highest BCUT2D eigenvalue weighted by Crippen LogP contribution is 2.54. The van der Waals surface area contributed by atoms with Crippen molar-refractivity contribution in [2.24, 2.45) is 17.8 Å². The molecule has 1 aromatic heterocycles. The topological polar surface area (TPSA) is 89.8 Å². The smallest absolute Gasteiger partial charge is 0.433 e. The number of aliphatic hydroxyl groups is 1. The number of carboxylic acids is 1. The summed E-state index contributed by atoms with van der Waals surface area (Å²) in [6.45, 7) is 4.61. The van der Waals surface area contributed by atoms with Crippen molar-refractivity contribution in [3.8, 4) is 0 Å². The Morgan fingerprint density at radius 1 is 1.21 bits per heavy atom. The van der Waals surface area contributed by atoms with Gasteiger partial charge in [0.05, 0.1) is 12.1 Å². The lowest BCUT2D eigenvalue weighted by Crippen LogP contribution is -2.59. The minimum atomic E-state index is -4.60. The number of aliphatic carboxylic acids is 1. The molecule has 0 amide bonds. The normalized spacial score (nSPS) is 31.6. The maximum absolute atomic E-state index is 13.7. The summed E-state index contributed by atoms with van der Waals surface area (Å²) in [5, 5.41) is 18.7. The fourth-order valence-corrected chi connectivity index (χ4v) is 4.59. The van der Waals surface area contributed by atoms with Crippen LogP contribution >= 0.6 is 0 Å². The number of rotatable bonds is 5. The fraction of sp³-hybridized carbons (Fsp3) is 0.722. The average molecular weight is 400 g/mol. The van der Waals surface area contributed by atoms with Crippen LogP contribution < -0.4 is 9.80 Å².